The van der Waals surface area contributed by atoms with Crippen LogP contribution < -0.4 is 4.90 Å². The van der Waals surface area contributed by atoms with Gasteiger partial charge in [0.15, 0.2) is 5.78 Å². The predicted molar refractivity (Wildman–Crippen MR) is 136 cm³/mol. The highest BCUT2D eigenvalue weighted by Crippen LogP contribution is 2.48. The van der Waals surface area contributed by atoms with Crippen LogP contribution in [0.3, 0.4) is 0 Å². The van der Waals surface area contributed by atoms with Gasteiger partial charge in [-0.3, -0.25) is 14.5 Å². The van der Waals surface area contributed by atoms with Gasteiger partial charge in [0.1, 0.15) is 0 Å². The van der Waals surface area contributed by atoms with Crippen LogP contribution in [-0.4, -0.2) is 42.8 Å². The van der Waals surface area contributed by atoms with Gasteiger partial charge in [-0.1, -0.05) is 60.2 Å². The van der Waals surface area contributed by atoms with E-state index in [9.17, 15) is 9.59 Å². The molecule has 1 amide bonds. The highest BCUT2D eigenvalue weighted by molar-refractivity contribution is 6.25. The van der Waals surface area contributed by atoms with Crippen LogP contribution >= 0.6 is 0 Å². The van der Waals surface area contributed by atoms with Gasteiger partial charge in [0, 0.05) is 46.4 Å². The normalized spacial score (nSPS) is 18.0. The summed E-state index contributed by atoms with van der Waals surface area (Å²) < 4.78 is 0. The van der Waals surface area contributed by atoms with E-state index in [2.05, 4.69) is 36.6 Å². The lowest BCUT2D eigenvalue weighted by Gasteiger charge is -2.39. The number of benzene rings is 3. The molecule has 2 heterocycles. The molecule has 1 fully saturated rings. The maximum Gasteiger partial charge on any atom is 0.258 e. The highest BCUT2D eigenvalue weighted by atomic mass is 16.2. The molecule has 3 aromatic carbocycles. The Morgan fingerprint density at radius 2 is 1.74 bits per heavy atom. The minimum Gasteiger partial charge on any atom is -0.307 e. The summed E-state index contributed by atoms with van der Waals surface area (Å²) in [5.74, 6) is -0.0133. The minimum absolute atomic E-state index is 0.00348. The van der Waals surface area contributed by atoms with Crippen molar-refractivity contribution in [2.24, 2.45) is 0 Å². The number of carbonyl (C=O) groups excluding carboxylic acids is 2. The fourth-order valence-corrected chi connectivity index (χ4v) is 6.14. The molecule has 1 saturated heterocycles. The fourth-order valence-electron chi connectivity index (χ4n) is 6.14. The van der Waals surface area contributed by atoms with Crippen LogP contribution in [-0.2, 0) is 5.41 Å². The third kappa shape index (κ3) is 3.02. The lowest BCUT2D eigenvalue weighted by Crippen LogP contribution is -2.46. The molecule has 0 bridgehead atoms. The second-order valence-corrected chi connectivity index (χ2v) is 9.88. The van der Waals surface area contributed by atoms with Gasteiger partial charge in [0.25, 0.3) is 5.91 Å². The van der Waals surface area contributed by atoms with Crippen LogP contribution in [0.4, 0.5) is 5.69 Å². The Hall–Kier alpha value is -3.50. The van der Waals surface area contributed by atoms with E-state index in [1.807, 2.05) is 53.4 Å². The molecule has 0 atom stereocenters. The first-order valence-corrected chi connectivity index (χ1v) is 12.1. The van der Waals surface area contributed by atoms with Crippen molar-refractivity contribution in [3.8, 4) is 11.1 Å². The zero-order chi connectivity index (χ0) is 23.4. The van der Waals surface area contributed by atoms with Gasteiger partial charge in [0.2, 0.25) is 0 Å². The molecule has 2 aliphatic heterocycles. The summed E-state index contributed by atoms with van der Waals surface area (Å²) in [6.07, 6.45) is 4.01. The zero-order valence-electron chi connectivity index (χ0n) is 19.5. The smallest absolute Gasteiger partial charge is 0.258 e. The predicted octanol–water partition coefficient (Wildman–Crippen LogP) is 5.39. The highest BCUT2D eigenvalue weighted by Gasteiger charge is 2.47. The minimum atomic E-state index is -0.0274. The summed E-state index contributed by atoms with van der Waals surface area (Å²) in [5, 5.41) is 0. The third-order valence-electron chi connectivity index (χ3n) is 7.90. The Balaban J connectivity index is 1.42. The molecule has 1 spiro atoms. The number of nitrogens with zero attached hydrogens (tertiary/aromatic N) is 2. The molecule has 1 aliphatic carbocycles. The molecule has 3 aliphatic rings. The van der Waals surface area contributed by atoms with Crippen molar-refractivity contribution in [3.05, 3.63) is 101 Å². The van der Waals surface area contributed by atoms with Gasteiger partial charge in [-0.15, -0.1) is 6.58 Å². The average molecular weight is 449 g/mol. The van der Waals surface area contributed by atoms with E-state index in [4.69, 9.17) is 0 Å². The maximum atomic E-state index is 14.2. The molecular weight excluding hydrogens is 420 g/mol. The van der Waals surface area contributed by atoms with Crippen molar-refractivity contribution >= 4 is 17.4 Å². The Morgan fingerprint density at radius 3 is 2.50 bits per heavy atom. The summed E-state index contributed by atoms with van der Waals surface area (Å²) in [7, 11) is 0. The Labute approximate surface area is 200 Å². The summed E-state index contributed by atoms with van der Waals surface area (Å²) in [6.45, 7) is 9.61. The van der Waals surface area contributed by atoms with Crippen molar-refractivity contribution in [1.82, 2.24) is 4.90 Å². The number of ketones is 1. The van der Waals surface area contributed by atoms with Gasteiger partial charge in [-0.05, 0) is 56.1 Å². The number of hydrogen-bond donors (Lipinski definition) is 0. The molecule has 3 aromatic rings. The van der Waals surface area contributed by atoms with Gasteiger partial charge < -0.3 is 4.90 Å². The van der Waals surface area contributed by atoms with Gasteiger partial charge in [-0.2, -0.15) is 0 Å². The van der Waals surface area contributed by atoms with E-state index >= 15 is 0 Å². The molecule has 0 aromatic heterocycles. The van der Waals surface area contributed by atoms with Gasteiger partial charge in [-0.25, -0.2) is 0 Å². The van der Waals surface area contributed by atoms with Crippen molar-refractivity contribution < 1.29 is 9.59 Å². The van der Waals surface area contributed by atoms with Crippen molar-refractivity contribution in [2.45, 2.75) is 25.2 Å². The van der Waals surface area contributed by atoms with Crippen LogP contribution in [0.2, 0.25) is 0 Å². The summed E-state index contributed by atoms with van der Waals surface area (Å²) in [4.78, 5) is 31.6. The monoisotopic (exact) mass is 448 g/mol. The zero-order valence-corrected chi connectivity index (χ0v) is 19.5. The number of rotatable bonds is 3. The van der Waals surface area contributed by atoms with Crippen molar-refractivity contribution in [2.75, 3.05) is 31.1 Å². The first-order chi connectivity index (χ1) is 16.5. The van der Waals surface area contributed by atoms with Crippen molar-refractivity contribution in [3.63, 3.8) is 0 Å². The summed E-state index contributed by atoms with van der Waals surface area (Å²) >= 11 is 0. The number of piperidine rings is 1. The molecule has 6 rings (SSSR count). The van der Waals surface area contributed by atoms with Crippen molar-refractivity contribution in [1.29, 1.82) is 0 Å². The molecule has 4 heteroatoms. The molecule has 0 radical (unpaired) electrons. The number of amides is 1. The molecule has 0 N–H and O–H groups in total. The first-order valence-electron chi connectivity index (χ1n) is 12.1. The lowest BCUT2D eigenvalue weighted by atomic mass is 9.74. The summed E-state index contributed by atoms with van der Waals surface area (Å²) in [6, 6.07) is 19.7. The van der Waals surface area contributed by atoms with Gasteiger partial charge in [0.05, 0.1) is 0 Å². The van der Waals surface area contributed by atoms with Crippen LogP contribution in [0.25, 0.3) is 11.1 Å². The van der Waals surface area contributed by atoms with Crippen LogP contribution in [0, 0.1) is 6.92 Å². The largest absolute Gasteiger partial charge is 0.307 e. The molecule has 0 saturated carbocycles. The van der Waals surface area contributed by atoms with Crippen LogP contribution in [0.1, 0.15) is 50.2 Å². The number of hydrogen-bond acceptors (Lipinski definition) is 3. The number of aryl methyl sites for hydroxylation is 1. The number of carbonyl (C=O) groups is 2. The second-order valence-electron chi connectivity index (χ2n) is 9.88. The molecule has 170 valence electrons. The first kappa shape index (κ1) is 21.1. The third-order valence-corrected chi connectivity index (χ3v) is 7.90. The van der Waals surface area contributed by atoms with Crippen LogP contribution in [0.15, 0.2) is 73.3 Å². The average Bonchev–Trinajstić information content (AvgIpc) is 3.33. The van der Waals surface area contributed by atoms with E-state index < -0.39 is 0 Å². The van der Waals surface area contributed by atoms with E-state index in [0.717, 1.165) is 49.3 Å². The van der Waals surface area contributed by atoms with E-state index in [1.54, 1.807) is 0 Å². The number of anilines is 1. The van der Waals surface area contributed by atoms with Gasteiger partial charge >= 0.3 is 0 Å². The van der Waals surface area contributed by atoms with E-state index in [-0.39, 0.29) is 17.1 Å². The fraction of sp³-hybridized carbons (Fsp3) is 0.267. The standard InChI is InChI=1S/C30H28N2O2/c1-3-15-31-16-13-30(14-17-31)19-32(26-12-11-20(2)18-25(26)30)29(34)24-10-6-9-23-27(24)21-7-4-5-8-22(21)28(23)33/h3-12,18H,1,13-17,19H2,2H3. The summed E-state index contributed by atoms with van der Waals surface area (Å²) in [5.41, 5.74) is 7.07. The van der Waals surface area contributed by atoms with E-state index in [0.29, 0.717) is 23.2 Å². The lowest BCUT2D eigenvalue weighted by molar-refractivity contribution is 0.0978. The molecular formula is C30H28N2O2. The number of fused-ring (bicyclic) bond motifs is 5. The topological polar surface area (TPSA) is 40.6 Å². The number of likely N-dealkylation sites (tertiary alicyclic amines) is 1. The van der Waals surface area contributed by atoms with E-state index in [1.165, 1.54) is 11.1 Å². The second kappa shape index (κ2) is 7.78. The molecule has 34 heavy (non-hydrogen) atoms. The molecule has 0 unspecified atom stereocenters. The Kier molecular flexibility index (Phi) is 4.82. The molecule has 4 nitrogen and oxygen atoms in total. The van der Waals surface area contributed by atoms with Crippen LogP contribution in [0.5, 0.6) is 0 Å². The quantitative estimate of drug-likeness (QED) is 0.395. The Morgan fingerprint density at radius 1 is 1.00 bits per heavy atom. The Bertz CT molecular complexity index is 1350. The maximum absolute atomic E-state index is 14.2. The SMILES string of the molecule is C=CCN1CCC2(CC1)CN(C(=O)c1cccc3c1-c1ccccc1C3=O)c1ccc(C)cc12.